The van der Waals surface area contributed by atoms with Crippen molar-refractivity contribution in [3.8, 4) is 11.8 Å². The third kappa shape index (κ3) is 5.68. The van der Waals surface area contributed by atoms with Crippen molar-refractivity contribution in [2.45, 2.75) is 12.3 Å². The summed E-state index contributed by atoms with van der Waals surface area (Å²) in [6, 6.07) is 17.2. The Labute approximate surface area is 140 Å². The van der Waals surface area contributed by atoms with E-state index in [1.54, 1.807) is 13.2 Å². The Morgan fingerprint density at radius 1 is 1.22 bits per heavy atom. The smallest absolute Gasteiger partial charge is 0.230 e. The SMILES string of the molecule is COc1cccc(CNC(=O)CSCc2cccc(C#N)c2)c1. The molecule has 0 atom stereocenters. The molecule has 0 bridgehead atoms. The van der Waals surface area contributed by atoms with Gasteiger partial charge in [-0.15, -0.1) is 11.8 Å². The van der Waals surface area contributed by atoms with Crippen LogP contribution in [0.5, 0.6) is 5.75 Å². The second-order valence-electron chi connectivity index (χ2n) is 4.93. The molecule has 118 valence electrons. The Balaban J connectivity index is 1.73. The molecule has 0 unspecified atom stereocenters. The van der Waals surface area contributed by atoms with Crippen LogP contribution >= 0.6 is 11.8 Å². The Morgan fingerprint density at radius 2 is 2.00 bits per heavy atom. The summed E-state index contributed by atoms with van der Waals surface area (Å²) in [5.74, 6) is 1.88. The first-order chi connectivity index (χ1) is 11.2. The number of nitrogens with zero attached hydrogens (tertiary/aromatic N) is 1. The van der Waals surface area contributed by atoms with Crippen molar-refractivity contribution in [2.75, 3.05) is 12.9 Å². The van der Waals surface area contributed by atoms with E-state index in [1.807, 2.05) is 42.5 Å². The van der Waals surface area contributed by atoms with E-state index in [1.165, 1.54) is 11.8 Å². The molecule has 1 amide bonds. The number of amides is 1. The van der Waals surface area contributed by atoms with Crippen LogP contribution in [0, 0.1) is 11.3 Å². The second-order valence-corrected chi connectivity index (χ2v) is 5.92. The van der Waals surface area contributed by atoms with E-state index < -0.39 is 0 Å². The molecule has 0 aliphatic rings. The van der Waals surface area contributed by atoms with Gasteiger partial charge in [0.25, 0.3) is 0 Å². The van der Waals surface area contributed by atoms with E-state index in [9.17, 15) is 4.79 Å². The highest BCUT2D eigenvalue weighted by Crippen LogP contribution is 2.14. The molecular weight excluding hydrogens is 308 g/mol. The lowest BCUT2D eigenvalue weighted by atomic mass is 10.2. The van der Waals surface area contributed by atoms with Crippen molar-refractivity contribution in [1.29, 1.82) is 5.26 Å². The van der Waals surface area contributed by atoms with Crippen molar-refractivity contribution < 1.29 is 9.53 Å². The molecule has 23 heavy (non-hydrogen) atoms. The lowest BCUT2D eigenvalue weighted by molar-refractivity contribution is -0.118. The van der Waals surface area contributed by atoms with Gasteiger partial charge in [0.2, 0.25) is 5.91 Å². The molecule has 0 heterocycles. The fraction of sp³-hybridized carbons (Fsp3) is 0.222. The van der Waals surface area contributed by atoms with Crippen LogP contribution in [-0.4, -0.2) is 18.8 Å². The van der Waals surface area contributed by atoms with Gasteiger partial charge in [-0.2, -0.15) is 5.26 Å². The molecule has 0 aliphatic carbocycles. The number of methoxy groups -OCH3 is 1. The first kappa shape index (κ1) is 16.9. The molecule has 2 aromatic carbocycles. The van der Waals surface area contributed by atoms with Gasteiger partial charge in [-0.1, -0.05) is 24.3 Å². The summed E-state index contributed by atoms with van der Waals surface area (Å²) in [5, 5.41) is 11.8. The minimum Gasteiger partial charge on any atom is -0.497 e. The van der Waals surface area contributed by atoms with Crippen LogP contribution in [0.3, 0.4) is 0 Å². The molecule has 0 radical (unpaired) electrons. The average molecular weight is 326 g/mol. The third-order valence-corrected chi connectivity index (χ3v) is 4.19. The van der Waals surface area contributed by atoms with Crippen molar-refractivity contribution in [3.05, 3.63) is 65.2 Å². The van der Waals surface area contributed by atoms with Gasteiger partial charge in [0, 0.05) is 12.3 Å². The molecule has 0 aliphatic heterocycles. The van der Waals surface area contributed by atoms with Crippen molar-refractivity contribution in [3.63, 3.8) is 0 Å². The van der Waals surface area contributed by atoms with Crippen LogP contribution in [-0.2, 0) is 17.1 Å². The van der Waals surface area contributed by atoms with Gasteiger partial charge in [-0.25, -0.2) is 0 Å². The maximum atomic E-state index is 11.9. The molecule has 2 aromatic rings. The summed E-state index contributed by atoms with van der Waals surface area (Å²) >= 11 is 1.53. The topological polar surface area (TPSA) is 62.1 Å². The number of carbonyl (C=O) groups excluding carboxylic acids is 1. The van der Waals surface area contributed by atoms with Crippen LogP contribution in [0.15, 0.2) is 48.5 Å². The zero-order chi connectivity index (χ0) is 16.5. The largest absolute Gasteiger partial charge is 0.497 e. The van der Waals surface area contributed by atoms with Crippen molar-refractivity contribution in [2.24, 2.45) is 0 Å². The molecule has 4 nitrogen and oxygen atoms in total. The number of nitrogens with one attached hydrogen (secondary N) is 1. The first-order valence-corrected chi connectivity index (χ1v) is 8.33. The van der Waals surface area contributed by atoms with Crippen LogP contribution in [0.2, 0.25) is 0 Å². The van der Waals surface area contributed by atoms with Crippen molar-refractivity contribution in [1.82, 2.24) is 5.32 Å². The molecule has 0 aromatic heterocycles. The zero-order valence-corrected chi connectivity index (χ0v) is 13.7. The van der Waals surface area contributed by atoms with Gasteiger partial charge >= 0.3 is 0 Å². The van der Waals surface area contributed by atoms with E-state index in [0.29, 0.717) is 23.6 Å². The quantitative estimate of drug-likeness (QED) is 0.849. The van der Waals surface area contributed by atoms with Gasteiger partial charge in [0.15, 0.2) is 0 Å². The van der Waals surface area contributed by atoms with E-state index in [0.717, 1.165) is 16.9 Å². The Kier molecular flexibility index (Phi) is 6.52. The molecule has 0 saturated carbocycles. The van der Waals surface area contributed by atoms with Gasteiger partial charge in [-0.05, 0) is 35.4 Å². The van der Waals surface area contributed by atoms with Crippen molar-refractivity contribution >= 4 is 17.7 Å². The fourth-order valence-electron chi connectivity index (χ4n) is 2.03. The van der Waals surface area contributed by atoms with Gasteiger partial charge in [-0.3, -0.25) is 4.79 Å². The maximum Gasteiger partial charge on any atom is 0.230 e. The monoisotopic (exact) mass is 326 g/mol. The Bertz CT molecular complexity index is 710. The fourth-order valence-corrected chi connectivity index (χ4v) is 2.83. The molecule has 2 rings (SSSR count). The Hall–Kier alpha value is -2.45. The summed E-state index contributed by atoms with van der Waals surface area (Å²) in [4.78, 5) is 11.9. The first-order valence-electron chi connectivity index (χ1n) is 7.17. The molecule has 0 spiro atoms. The molecule has 5 heteroatoms. The Morgan fingerprint density at radius 3 is 2.78 bits per heavy atom. The molecule has 0 fully saturated rings. The maximum absolute atomic E-state index is 11.9. The highest BCUT2D eigenvalue weighted by Gasteiger charge is 2.03. The van der Waals surface area contributed by atoms with Crippen LogP contribution in [0.1, 0.15) is 16.7 Å². The molecular formula is C18H18N2O2S. The average Bonchev–Trinajstić information content (AvgIpc) is 2.60. The van der Waals surface area contributed by atoms with Crippen LogP contribution in [0.4, 0.5) is 0 Å². The highest BCUT2D eigenvalue weighted by atomic mass is 32.2. The summed E-state index contributed by atoms with van der Waals surface area (Å²) in [6.07, 6.45) is 0. The number of nitriles is 1. The summed E-state index contributed by atoms with van der Waals surface area (Å²) in [7, 11) is 1.62. The van der Waals surface area contributed by atoms with Gasteiger partial charge in [0.05, 0.1) is 24.5 Å². The normalized spacial score (nSPS) is 9.91. The van der Waals surface area contributed by atoms with E-state index in [-0.39, 0.29) is 5.91 Å². The molecule has 0 saturated heterocycles. The number of carbonyl (C=O) groups is 1. The second kappa shape index (κ2) is 8.86. The number of hydrogen-bond acceptors (Lipinski definition) is 4. The number of benzene rings is 2. The number of hydrogen-bond donors (Lipinski definition) is 1. The highest BCUT2D eigenvalue weighted by molar-refractivity contribution is 7.99. The number of rotatable bonds is 7. The number of ether oxygens (including phenoxy) is 1. The summed E-state index contributed by atoms with van der Waals surface area (Å²) < 4.78 is 5.15. The van der Waals surface area contributed by atoms with Crippen LogP contribution < -0.4 is 10.1 Å². The zero-order valence-electron chi connectivity index (χ0n) is 12.9. The van der Waals surface area contributed by atoms with Gasteiger partial charge < -0.3 is 10.1 Å². The predicted molar refractivity (Wildman–Crippen MR) is 92.2 cm³/mol. The number of thioether (sulfide) groups is 1. The van der Waals surface area contributed by atoms with E-state index in [2.05, 4.69) is 11.4 Å². The predicted octanol–water partition coefficient (Wildman–Crippen LogP) is 3.12. The van der Waals surface area contributed by atoms with Crippen LogP contribution in [0.25, 0.3) is 0 Å². The van der Waals surface area contributed by atoms with E-state index >= 15 is 0 Å². The van der Waals surface area contributed by atoms with E-state index in [4.69, 9.17) is 10.00 Å². The minimum absolute atomic E-state index is 0.00532. The lowest BCUT2D eigenvalue weighted by Gasteiger charge is -2.07. The molecule has 1 N–H and O–H groups in total. The summed E-state index contributed by atoms with van der Waals surface area (Å²) in [5.41, 5.74) is 2.70. The van der Waals surface area contributed by atoms with Gasteiger partial charge in [0.1, 0.15) is 5.75 Å². The minimum atomic E-state index is -0.00532. The lowest BCUT2D eigenvalue weighted by Crippen LogP contribution is -2.24. The summed E-state index contributed by atoms with van der Waals surface area (Å²) in [6.45, 7) is 0.487. The standard InChI is InChI=1S/C18H18N2O2S/c1-22-17-7-3-5-15(9-17)11-20-18(21)13-23-12-16-6-2-4-14(8-16)10-19/h2-9H,11-13H2,1H3,(H,20,21). The third-order valence-electron chi connectivity index (χ3n) is 3.18.